The number of ether oxygens (including phenoxy) is 1. The van der Waals surface area contributed by atoms with E-state index in [0.717, 1.165) is 16.9 Å². The van der Waals surface area contributed by atoms with Gasteiger partial charge in [0.1, 0.15) is 12.3 Å². The van der Waals surface area contributed by atoms with Crippen LogP contribution in [0.5, 0.6) is 5.75 Å². The Morgan fingerprint density at radius 1 is 1.25 bits per heavy atom. The fourth-order valence-corrected chi connectivity index (χ4v) is 2.60. The molecule has 0 atom stereocenters. The Labute approximate surface area is 162 Å². The van der Waals surface area contributed by atoms with Crippen LogP contribution in [0, 0.1) is 0 Å². The first-order valence-corrected chi connectivity index (χ1v) is 8.23. The van der Waals surface area contributed by atoms with Gasteiger partial charge in [-0.15, -0.1) is 10.2 Å². The number of methoxy groups -OCH3 is 1. The number of alkyl halides is 3. The van der Waals surface area contributed by atoms with Crippen LogP contribution in [-0.4, -0.2) is 33.2 Å². The molecule has 0 bridgehead atoms. The van der Waals surface area contributed by atoms with E-state index in [1.165, 1.54) is 13.2 Å². The van der Waals surface area contributed by atoms with Crippen LogP contribution >= 0.6 is 11.6 Å². The zero-order valence-corrected chi connectivity index (χ0v) is 15.1. The molecule has 0 aliphatic rings. The van der Waals surface area contributed by atoms with Crippen LogP contribution in [0.25, 0.3) is 11.4 Å². The van der Waals surface area contributed by atoms with Crippen LogP contribution in [0.4, 0.5) is 18.9 Å². The number of rotatable bonds is 5. The summed E-state index contributed by atoms with van der Waals surface area (Å²) in [4.78, 5) is 13.1. The quantitative estimate of drug-likeness (QED) is 0.693. The van der Waals surface area contributed by atoms with E-state index < -0.39 is 29.9 Å². The lowest BCUT2D eigenvalue weighted by Crippen LogP contribution is -2.22. The molecule has 0 aliphatic carbocycles. The van der Waals surface area contributed by atoms with Crippen molar-refractivity contribution in [3.05, 3.63) is 53.1 Å². The van der Waals surface area contributed by atoms with E-state index in [1.807, 2.05) is 0 Å². The van der Waals surface area contributed by atoms with Crippen LogP contribution in [0.3, 0.4) is 0 Å². The van der Waals surface area contributed by atoms with E-state index in [4.69, 9.17) is 16.3 Å². The molecule has 0 spiro atoms. The minimum Gasteiger partial charge on any atom is -0.497 e. The average Bonchev–Trinajstić information content (AvgIpc) is 3.11. The summed E-state index contributed by atoms with van der Waals surface area (Å²) in [5.74, 6) is 0.0404. The summed E-state index contributed by atoms with van der Waals surface area (Å²) in [6, 6.07) is 10.1. The van der Waals surface area contributed by atoms with Crippen LogP contribution in [0.15, 0.2) is 42.5 Å². The Morgan fingerprint density at radius 3 is 2.71 bits per heavy atom. The van der Waals surface area contributed by atoms with E-state index >= 15 is 0 Å². The highest BCUT2D eigenvalue weighted by Gasteiger charge is 2.34. The number of hydrogen-bond acceptors (Lipinski definition) is 5. The summed E-state index contributed by atoms with van der Waals surface area (Å²) < 4.78 is 44.4. The van der Waals surface area contributed by atoms with Crippen LogP contribution in [0.1, 0.15) is 5.56 Å². The molecule has 3 rings (SSSR count). The molecule has 7 nitrogen and oxygen atoms in total. The van der Waals surface area contributed by atoms with Gasteiger partial charge in [-0.3, -0.25) is 4.79 Å². The molecular weight excluding hydrogens is 399 g/mol. The van der Waals surface area contributed by atoms with Crippen molar-refractivity contribution in [1.29, 1.82) is 0 Å². The number of tetrazole rings is 1. The van der Waals surface area contributed by atoms with Gasteiger partial charge in [-0.25, -0.2) is 0 Å². The lowest BCUT2D eigenvalue weighted by molar-refractivity contribution is -0.137. The van der Waals surface area contributed by atoms with Gasteiger partial charge in [0.2, 0.25) is 11.7 Å². The fraction of sp³-hybridized carbons (Fsp3) is 0.176. The maximum atomic E-state index is 13.1. The summed E-state index contributed by atoms with van der Waals surface area (Å²) >= 11 is 5.82. The van der Waals surface area contributed by atoms with Gasteiger partial charge in [0, 0.05) is 5.56 Å². The Balaban J connectivity index is 1.76. The first kappa shape index (κ1) is 19.6. The zero-order chi connectivity index (χ0) is 20.3. The third kappa shape index (κ3) is 4.39. The number of halogens is 4. The van der Waals surface area contributed by atoms with E-state index in [1.54, 1.807) is 24.3 Å². The highest BCUT2D eigenvalue weighted by molar-refractivity contribution is 6.34. The molecule has 2 aromatic carbocycles. The predicted molar refractivity (Wildman–Crippen MR) is 94.9 cm³/mol. The van der Waals surface area contributed by atoms with E-state index in [-0.39, 0.29) is 10.8 Å². The van der Waals surface area contributed by atoms with Gasteiger partial charge in [-0.2, -0.15) is 18.0 Å². The standard InChI is InChI=1S/C17H13ClF3N5O2/c1-28-11-5-2-4-10(8-11)16-23-25-26(24-16)9-14(27)22-15-12(17(19,20)21)6-3-7-13(15)18/h2-8H,9H2,1H3,(H,22,27). The molecule has 0 saturated carbocycles. The van der Waals surface area contributed by atoms with E-state index in [9.17, 15) is 18.0 Å². The smallest absolute Gasteiger partial charge is 0.418 e. The summed E-state index contributed by atoms with van der Waals surface area (Å²) in [6.07, 6.45) is -4.67. The second kappa shape index (κ2) is 7.85. The Kier molecular flexibility index (Phi) is 5.50. The van der Waals surface area contributed by atoms with Crippen LogP contribution in [0.2, 0.25) is 5.02 Å². The second-order valence-electron chi connectivity index (χ2n) is 5.58. The molecular formula is C17H13ClF3N5O2. The van der Waals surface area contributed by atoms with Gasteiger partial charge in [-0.1, -0.05) is 29.8 Å². The maximum absolute atomic E-state index is 13.1. The summed E-state index contributed by atoms with van der Waals surface area (Å²) in [6.45, 7) is -0.445. The Hall–Kier alpha value is -3.14. The van der Waals surface area contributed by atoms with Gasteiger partial charge >= 0.3 is 6.18 Å². The Bertz CT molecular complexity index is 1010. The molecule has 0 saturated heterocycles. The monoisotopic (exact) mass is 411 g/mol. The molecule has 1 heterocycles. The van der Waals surface area contributed by atoms with Gasteiger partial charge in [0.05, 0.1) is 23.4 Å². The topological polar surface area (TPSA) is 81.9 Å². The molecule has 1 amide bonds. The van der Waals surface area contributed by atoms with Gasteiger partial charge in [0.15, 0.2) is 0 Å². The number of carbonyl (C=O) groups excluding carboxylic acids is 1. The lowest BCUT2D eigenvalue weighted by Gasteiger charge is -2.14. The number of para-hydroxylation sites is 1. The minimum atomic E-state index is -4.67. The van der Waals surface area contributed by atoms with Crippen molar-refractivity contribution in [2.24, 2.45) is 0 Å². The summed E-state index contributed by atoms with van der Waals surface area (Å²) in [7, 11) is 1.51. The van der Waals surface area contributed by atoms with Crippen molar-refractivity contribution in [2.45, 2.75) is 12.7 Å². The highest BCUT2D eigenvalue weighted by Crippen LogP contribution is 2.38. The second-order valence-corrected chi connectivity index (χ2v) is 5.99. The number of amides is 1. The van der Waals surface area contributed by atoms with Crippen LogP contribution in [-0.2, 0) is 17.5 Å². The first-order valence-electron chi connectivity index (χ1n) is 7.85. The minimum absolute atomic E-state index is 0.230. The highest BCUT2D eigenvalue weighted by atomic mass is 35.5. The molecule has 11 heteroatoms. The van der Waals surface area contributed by atoms with E-state index in [0.29, 0.717) is 11.3 Å². The molecule has 146 valence electrons. The number of nitrogens with zero attached hydrogens (tertiary/aromatic N) is 4. The molecule has 0 unspecified atom stereocenters. The predicted octanol–water partition coefficient (Wildman–Crippen LogP) is 3.66. The van der Waals surface area contributed by atoms with Gasteiger partial charge < -0.3 is 10.1 Å². The van der Waals surface area contributed by atoms with Crippen molar-refractivity contribution >= 4 is 23.2 Å². The molecule has 1 aromatic heterocycles. The van der Waals surface area contributed by atoms with Crippen molar-refractivity contribution in [3.8, 4) is 17.1 Å². The maximum Gasteiger partial charge on any atom is 0.418 e. The number of nitrogens with one attached hydrogen (secondary N) is 1. The molecule has 1 N–H and O–H groups in total. The van der Waals surface area contributed by atoms with Crippen molar-refractivity contribution < 1.29 is 22.7 Å². The van der Waals surface area contributed by atoms with Crippen LogP contribution < -0.4 is 10.1 Å². The van der Waals surface area contributed by atoms with E-state index in [2.05, 4.69) is 20.7 Å². The number of benzene rings is 2. The number of anilines is 1. The molecule has 28 heavy (non-hydrogen) atoms. The fourth-order valence-electron chi connectivity index (χ4n) is 2.38. The van der Waals surface area contributed by atoms with Gasteiger partial charge in [-0.05, 0) is 29.5 Å². The zero-order valence-electron chi connectivity index (χ0n) is 14.4. The molecule has 0 aliphatic heterocycles. The van der Waals surface area contributed by atoms with Crippen molar-refractivity contribution in [1.82, 2.24) is 20.2 Å². The van der Waals surface area contributed by atoms with Crippen molar-refractivity contribution in [3.63, 3.8) is 0 Å². The first-order chi connectivity index (χ1) is 13.3. The molecule has 0 fully saturated rings. The number of hydrogen-bond donors (Lipinski definition) is 1. The average molecular weight is 412 g/mol. The third-order valence-corrected chi connectivity index (χ3v) is 3.96. The summed E-state index contributed by atoms with van der Waals surface area (Å²) in [5, 5.41) is 13.6. The third-order valence-electron chi connectivity index (χ3n) is 3.65. The number of carbonyl (C=O) groups is 1. The molecule has 3 aromatic rings. The Morgan fingerprint density at radius 2 is 2.00 bits per heavy atom. The largest absolute Gasteiger partial charge is 0.497 e. The summed E-state index contributed by atoms with van der Waals surface area (Å²) in [5.41, 5.74) is -0.955. The number of aromatic nitrogens is 4. The SMILES string of the molecule is COc1cccc(-c2nnn(CC(=O)Nc3c(Cl)cccc3C(F)(F)F)n2)c1. The normalized spacial score (nSPS) is 11.3. The van der Waals surface area contributed by atoms with Gasteiger partial charge in [0.25, 0.3) is 0 Å². The lowest BCUT2D eigenvalue weighted by atomic mass is 10.1. The van der Waals surface area contributed by atoms with Crippen molar-refractivity contribution in [2.75, 3.05) is 12.4 Å². The molecule has 0 radical (unpaired) electrons.